The maximum atomic E-state index is 13.0. The van der Waals surface area contributed by atoms with E-state index < -0.39 is 27.3 Å². The SMILES string of the molecule is CNCCOc1cccc(C(=O)N2CCC3(CC2)C[C@H](NS(C)(=O)=O)[C@@](C)(O)CO3)c1. The van der Waals surface area contributed by atoms with Crippen molar-refractivity contribution in [3.63, 3.8) is 0 Å². The largest absolute Gasteiger partial charge is 0.492 e. The van der Waals surface area contributed by atoms with E-state index in [0.29, 0.717) is 56.8 Å². The van der Waals surface area contributed by atoms with Crippen molar-refractivity contribution in [3.05, 3.63) is 29.8 Å². The summed E-state index contributed by atoms with van der Waals surface area (Å²) in [4.78, 5) is 14.8. The van der Waals surface area contributed by atoms with E-state index in [-0.39, 0.29) is 12.5 Å². The number of aliphatic hydroxyl groups is 1. The first-order valence-corrected chi connectivity index (χ1v) is 12.4. The smallest absolute Gasteiger partial charge is 0.253 e. The number of likely N-dealkylation sites (N-methyl/N-ethyl adjacent to an activating group) is 1. The molecule has 0 aliphatic carbocycles. The third kappa shape index (κ3) is 6.17. The van der Waals surface area contributed by atoms with Crippen LogP contribution in [0.1, 0.15) is 36.5 Å². The first-order valence-electron chi connectivity index (χ1n) is 10.5. The molecule has 9 nitrogen and oxygen atoms in total. The molecule has 3 rings (SSSR count). The van der Waals surface area contributed by atoms with Crippen LogP contribution >= 0.6 is 0 Å². The Morgan fingerprint density at radius 3 is 2.71 bits per heavy atom. The lowest BCUT2D eigenvalue weighted by Crippen LogP contribution is -2.64. The number of sulfonamides is 1. The van der Waals surface area contributed by atoms with Crippen molar-refractivity contribution in [2.24, 2.45) is 0 Å². The van der Waals surface area contributed by atoms with E-state index in [2.05, 4.69) is 10.0 Å². The number of nitrogens with zero attached hydrogens (tertiary/aromatic N) is 1. The van der Waals surface area contributed by atoms with Gasteiger partial charge in [0.25, 0.3) is 5.91 Å². The van der Waals surface area contributed by atoms with Gasteiger partial charge in [-0.2, -0.15) is 0 Å². The Labute approximate surface area is 184 Å². The van der Waals surface area contributed by atoms with Crippen LogP contribution in [0, 0.1) is 0 Å². The Bertz CT molecular complexity index is 881. The highest BCUT2D eigenvalue weighted by molar-refractivity contribution is 7.88. The lowest BCUT2D eigenvalue weighted by atomic mass is 9.78. The highest BCUT2D eigenvalue weighted by Crippen LogP contribution is 2.38. The van der Waals surface area contributed by atoms with Gasteiger partial charge >= 0.3 is 0 Å². The monoisotopic (exact) mass is 455 g/mol. The van der Waals surface area contributed by atoms with Gasteiger partial charge in [0.2, 0.25) is 10.0 Å². The summed E-state index contributed by atoms with van der Waals surface area (Å²) in [6, 6.07) is 6.53. The molecule has 2 aliphatic heterocycles. The minimum absolute atomic E-state index is 0.0418. The van der Waals surface area contributed by atoms with E-state index in [1.807, 2.05) is 13.1 Å². The van der Waals surface area contributed by atoms with Crippen LogP contribution in [0.5, 0.6) is 5.75 Å². The van der Waals surface area contributed by atoms with Crippen molar-refractivity contribution in [2.75, 3.05) is 46.2 Å². The number of ether oxygens (including phenoxy) is 2. The summed E-state index contributed by atoms with van der Waals surface area (Å²) in [5, 5.41) is 13.6. The van der Waals surface area contributed by atoms with E-state index in [9.17, 15) is 18.3 Å². The number of hydrogen-bond donors (Lipinski definition) is 3. The Morgan fingerprint density at radius 2 is 2.06 bits per heavy atom. The fraction of sp³-hybridized carbons (Fsp3) is 0.667. The van der Waals surface area contributed by atoms with Crippen LogP contribution in [0.3, 0.4) is 0 Å². The molecule has 1 aromatic carbocycles. The molecule has 0 bridgehead atoms. The lowest BCUT2D eigenvalue weighted by Gasteiger charge is -2.50. The number of likely N-dealkylation sites (tertiary alicyclic amines) is 1. The zero-order valence-corrected chi connectivity index (χ0v) is 19.2. The van der Waals surface area contributed by atoms with Gasteiger partial charge in [0.15, 0.2) is 0 Å². The number of nitrogens with one attached hydrogen (secondary N) is 2. The summed E-state index contributed by atoms with van der Waals surface area (Å²) in [5.74, 6) is 0.588. The van der Waals surface area contributed by atoms with Crippen molar-refractivity contribution >= 4 is 15.9 Å². The van der Waals surface area contributed by atoms with Gasteiger partial charge in [-0.25, -0.2) is 13.1 Å². The first-order chi connectivity index (χ1) is 14.5. The van der Waals surface area contributed by atoms with Crippen LogP contribution in [0.25, 0.3) is 0 Å². The molecule has 0 unspecified atom stereocenters. The number of carbonyl (C=O) groups is 1. The van der Waals surface area contributed by atoms with Gasteiger partial charge in [-0.3, -0.25) is 4.79 Å². The number of benzene rings is 1. The molecular weight excluding hydrogens is 422 g/mol. The van der Waals surface area contributed by atoms with Crippen LogP contribution in [0.2, 0.25) is 0 Å². The third-order valence-electron chi connectivity index (χ3n) is 6.02. The van der Waals surface area contributed by atoms with E-state index in [1.54, 1.807) is 30.0 Å². The second-order valence-corrected chi connectivity index (χ2v) is 10.5. The predicted octanol–water partition coefficient (Wildman–Crippen LogP) is 0.349. The van der Waals surface area contributed by atoms with Gasteiger partial charge in [-0.15, -0.1) is 0 Å². The second kappa shape index (κ2) is 9.41. The molecule has 10 heteroatoms. The molecular formula is C21H33N3O6S. The number of amides is 1. The van der Waals surface area contributed by atoms with Crippen molar-refractivity contribution in [1.29, 1.82) is 0 Å². The zero-order chi connectivity index (χ0) is 22.7. The van der Waals surface area contributed by atoms with Crippen LogP contribution in [-0.4, -0.2) is 87.7 Å². The highest BCUT2D eigenvalue weighted by atomic mass is 32.2. The molecule has 0 aromatic heterocycles. The van der Waals surface area contributed by atoms with Gasteiger partial charge in [0.1, 0.15) is 18.0 Å². The minimum atomic E-state index is -3.47. The Kier molecular flexibility index (Phi) is 7.27. The summed E-state index contributed by atoms with van der Waals surface area (Å²) in [7, 11) is -1.62. The normalized spacial score (nSPS) is 26.1. The molecule has 2 saturated heterocycles. The average Bonchev–Trinajstić information content (AvgIpc) is 2.71. The molecule has 2 atom stereocenters. The maximum Gasteiger partial charge on any atom is 0.253 e. The number of hydrogen-bond acceptors (Lipinski definition) is 7. The molecule has 2 aliphatic rings. The van der Waals surface area contributed by atoms with Crippen molar-refractivity contribution in [2.45, 2.75) is 43.4 Å². The minimum Gasteiger partial charge on any atom is -0.492 e. The van der Waals surface area contributed by atoms with Crippen molar-refractivity contribution < 1.29 is 27.8 Å². The number of carbonyl (C=O) groups excluding carboxylic acids is 1. The van der Waals surface area contributed by atoms with E-state index in [0.717, 1.165) is 6.26 Å². The van der Waals surface area contributed by atoms with Crippen molar-refractivity contribution in [1.82, 2.24) is 14.9 Å². The lowest BCUT2D eigenvalue weighted by molar-refractivity contribution is -0.187. The predicted molar refractivity (Wildman–Crippen MR) is 117 cm³/mol. The molecule has 1 amide bonds. The van der Waals surface area contributed by atoms with Gasteiger partial charge in [-0.1, -0.05) is 6.07 Å². The Hall–Kier alpha value is -1.72. The fourth-order valence-corrected chi connectivity index (χ4v) is 4.97. The number of rotatable bonds is 7. The summed E-state index contributed by atoms with van der Waals surface area (Å²) in [6.07, 6.45) is 2.61. The summed E-state index contributed by atoms with van der Waals surface area (Å²) >= 11 is 0. The van der Waals surface area contributed by atoms with E-state index in [1.165, 1.54) is 0 Å². The van der Waals surface area contributed by atoms with E-state index >= 15 is 0 Å². The van der Waals surface area contributed by atoms with Crippen molar-refractivity contribution in [3.8, 4) is 5.75 Å². The molecule has 3 N–H and O–H groups in total. The summed E-state index contributed by atoms with van der Waals surface area (Å²) in [5.41, 5.74) is -1.27. The topological polar surface area (TPSA) is 117 Å². The van der Waals surface area contributed by atoms with Crippen LogP contribution < -0.4 is 14.8 Å². The number of piperidine rings is 1. The molecule has 0 radical (unpaired) electrons. The van der Waals surface area contributed by atoms with Crippen LogP contribution in [0.15, 0.2) is 24.3 Å². The fourth-order valence-electron chi connectivity index (χ4n) is 4.12. The zero-order valence-electron chi connectivity index (χ0n) is 18.4. The second-order valence-electron chi connectivity index (χ2n) is 8.75. The standard InChI is InChI=1S/C21H33N3O6S/c1-20(26)15-30-21(14-18(20)23-31(3,27)28)7-10-24(11-8-21)19(25)16-5-4-6-17(13-16)29-12-9-22-2/h4-6,13,18,22-23,26H,7-12,14-15H2,1-3H3/t18-,20-/m0/s1. The van der Waals surface area contributed by atoms with E-state index in [4.69, 9.17) is 9.47 Å². The van der Waals surface area contributed by atoms with Crippen LogP contribution in [-0.2, 0) is 14.8 Å². The molecule has 1 aromatic rings. The molecule has 2 fully saturated rings. The Morgan fingerprint density at radius 1 is 1.35 bits per heavy atom. The molecule has 174 valence electrons. The first kappa shape index (κ1) is 23.9. The Balaban J connectivity index is 1.62. The molecule has 0 saturated carbocycles. The van der Waals surface area contributed by atoms with Gasteiger partial charge in [0, 0.05) is 25.2 Å². The maximum absolute atomic E-state index is 13.0. The highest BCUT2D eigenvalue weighted by Gasteiger charge is 2.49. The molecule has 31 heavy (non-hydrogen) atoms. The quantitative estimate of drug-likeness (QED) is 0.508. The van der Waals surface area contributed by atoms with Crippen LogP contribution in [0.4, 0.5) is 0 Å². The molecule has 1 spiro atoms. The van der Waals surface area contributed by atoms with Gasteiger partial charge in [0.05, 0.1) is 24.5 Å². The summed E-state index contributed by atoms with van der Waals surface area (Å²) < 4.78 is 37.7. The molecule has 2 heterocycles. The van der Waals surface area contributed by atoms with Gasteiger partial charge < -0.3 is 24.8 Å². The van der Waals surface area contributed by atoms with Gasteiger partial charge in [-0.05, 0) is 51.4 Å². The third-order valence-corrected chi connectivity index (χ3v) is 6.73. The summed E-state index contributed by atoms with van der Waals surface area (Å²) in [6.45, 7) is 3.85. The average molecular weight is 456 g/mol.